The molecule has 0 atom stereocenters. The number of fused-ring (bicyclic) bond motifs is 1. The second-order valence-electron chi connectivity index (χ2n) is 9.09. The minimum Gasteiger partial charge on any atom is -0.438 e. The quantitative estimate of drug-likeness (QED) is 0.517. The fourth-order valence-corrected chi connectivity index (χ4v) is 4.44. The van der Waals surface area contributed by atoms with Crippen molar-refractivity contribution in [2.45, 2.75) is 32.7 Å². The van der Waals surface area contributed by atoms with Crippen LogP contribution in [0.4, 0.5) is 19.1 Å². The van der Waals surface area contributed by atoms with Crippen LogP contribution in [0.25, 0.3) is 0 Å². The Kier molecular flexibility index (Phi) is 6.32. The summed E-state index contributed by atoms with van der Waals surface area (Å²) in [6, 6.07) is 8.83. The largest absolute Gasteiger partial charge is 0.438 e. The molecule has 0 unspecified atom stereocenters. The molecule has 0 aliphatic carbocycles. The molecule has 5 rings (SSSR count). The summed E-state index contributed by atoms with van der Waals surface area (Å²) in [6.07, 6.45) is 2.51. The van der Waals surface area contributed by atoms with Gasteiger partial charge in [0.25, 0.3) is 5.91 Å². The Morgan fingerprint density at radius 1 is 1.00 bits per heavy atom. The van der Waals surface area contributed by atoms with E-state index in [1.165, 1.54) is 24.3 Å². The first-order chi connectivity index (χ1) is 16.9. The maximum Gasteiger partial charge on any atom is 0.254 e. The fraction of sp³-hybridized carbons (Fsp3) is 0.346. The molecule has 35 heavy (non-hydrogen) atoms. The molecule has 2 aliphatic heterocycles. The molecule has 0 bridgehead atoms. The molecule has 3 heterocycles. The fourth-order valence-electron chi connectivity index (χ4n) is 4.44. The first kappa shape index (κ1) is 23.1. The molecule has 0 radical (unpaired) electrons. The number of ether oxygens (including phenoxy) is 1. The van der Waals surface area contributed by atoms with Gasteiger partial charge in [0.05, 0.1) is 17.8 Å². The molecule has 9 heteroatoms. The van der Waals surface area contributed by atoms with Crippen molar-refractivity contribution in [3.63, 3.8) is 0 Å². The molecule has 182 valence electrons. The lowest BCUT2D eigenvalue weighted by atomic mass is 9.99. The minimum atomic E-state index is -1.03. The third-order valence-corrected chi connectivity index (χ3v) is 6.54. The third kappa shape index (κ3) is 4.94. The molecule has 1 saturated heterocycles. The number of aromatic nitrogens is 2. The highest BCUT2D eigenvalue weighted by Crippen LogP contribution is 2.33. The second kappa shape index (κ2) is 9.56. The number of hydrogen-bond donors (Lipinski definition) is 0. The van der Waals surface area contributed by atoms with Crippen molar-refractivity contribution in [3.05, 3.63) is 76.7 Å². The van der Waals surface area contributed by atoms with Crippen LogP contribution in [-0.4, -0.2) is 40.4 Å². The summed E-state index contributed by atoms with van der Waals surface area (Å²) in [5, 5.41) is 0. The van der Waals surface area contributed by atoms with Gasteiger partial charge >= 0.3 is 0 Å². The smallest absolute Gasteiger partial charge is 0.254 e. The van der Waals surface area contributed by atoms with Crippen molar-refractivity contribution in [3.8, 4) is 11.6 Å². The molecule has 0 saturated carbocycles. The standard InChI is InChI=1S/C26H25F3N4O2/c1-16-7-10-32(11-8-16)26-30-23-9-12-33(25(34)17-3-2-4-18(27)13-17)15-20(23)24(31-26)35-19-5-6-21(28)22(29)14-19/h2-6,13-14,16H,7-12,15H2,1H3. The van der Waals surface area contributed by atoms with Gasteiger partial charge in [-0.1, -0.05) is 13.0 Å². The van der Waals surface area contributed by atoms with Crippen molar-refractivity contribution in [1.82, 2.24) is 14.9 Å². The van der Waals surface area contributed by atoms with Gasteiger partial charge in [-0.2, -0.15) is 4.98 Å². The van der Waals surface area contributed by atoms with Gasteiger partial charge in [0.15, 0.2) is 11.6 Å². The topological polar surface area (TPSA) is 58.6 Å². The maximum atomic E-state index is 13.8. The number of rotatable bonds is 4. The van der Waals surface area contributed by atoms with Crippen LogP contribution in [0.15, 0.2) is 42.5 Å². The van der Waals surface area contributed by atoms with Crippen molar-refractivity contribution in [1.29, 1.82) is 0 Å². The lowest BCUT2D eigenvalue weighted by Gasteiger charge is -2.33. The van der Waals surface area contributed by atoms with Crippen LogP contribution >= 0.6 is 0 Å². The van der Waals surface area contributed by atoms with Crippen molar-refractivity contribution in [2.24, 2.45) is 5.92 Å². The van der Waals surface area contributed by atoms with E-state index in [9.17, 15) is 18.0 Å². The van der Waals surface area contributed by atoms with Gasteiger partial charge in [0.2, 0.25) is 11.8 Å². The molecule has 3 aromatic rings. The summed E-state index contributed by atoms with van der Waals surface area (Å²) >= 11 is 0. The van der Waals surface area contributed by atoms with Crippen molar-refractivity contribution in [2.75, 3.05) is 24.5 Å². The molecular weight excluding hydrogens is 457 g/mol. The normalized spacial score (nSPS) is 16.2. The zero-order valence-electron chi connectivity index (χ0n) is 19.3. The lowest BCUT2D eigenvalue weighted by Crippen LogP contribution is -2.38. The SMILES string of the molecule is CC1CCN(c2nc3c(c(Oc4ccc(F)c(F)c4)n2)CN(C(=O)c2cccc(F)c2)CC3)CC1. The Labute approximate surface area is 201 Å². The van der Waals surface area contributed by atoms with Gasteiger partial charge < -0.3 is 14.5 Å². The molecule has 1 fully saturated rings. The van der Waals surface area contributed by atoms with Crippen LogP contribution < -0.4 is 9.64 Å². The number of piperidine rings is 1. The molecule has 1 amide bonds. The van der Waals surface area contributed by atoms with Crippen LogP contribution in [0.1, 0.15) is 41.4 Å². The van der Waals surface area contributed by atoms with Crippen LogP contribution in [0.5, 0.6) is 11.6 Å². The molecule has 0 N–H and O–H groups in total. The monoisotopic (exact) mass is 482 g/mol. The van der Waals surface area contributed by atoms with Gasteiger partial charge in [0.1, 0.15) is 11.6 Å². The summed E-state index contributed by atoms with van der Waals surface area (Å²) in [6.45, 7) is 4.40. The molecule has 0 spiro atoms. The van der Waals surface area contributed by atoms with Crippen molar-refractivity contribution < 1.29 is 22.7 Å². The van der Waals surface area contributed by atoms with E-state index in [1.54, 1.807) is 11.0 Å². The Morgan fingerprint density at radius 3 is 2.54 bits per heavy atom. The van der Waals surface area contributed by atoms with Gasteiger partial charge in [-0.3, -0.25) is 4.79 Å². The van der Waals surface area contributed by atoms with Crippen LogP contribution in [0, 0.1) is 23.4 Å². The highest BCUT2D eigenvalue weighted by molar-refractivity contribution is 5.94. The van der Waals surface area contributed by atoms with Gasteiger partial charge in [0, 0.05) is 37.7 Å². The van der Waals surface area contributed by atoms with Crippen molar-refractivity contribution >= 4 is 11.9 Å². The Morgan fingerprint density at radius 2 is 1.80 bits per heavy atom. The number of halogens is 3. The lowest BCUT2D eigenvalue weighted by molar-refractivity contribution is 0.0731. The molecule has 6 nitrogen and oxygen atoms in total. The molecular formula is C26H25F3N4O2. The van der Waals surface area contributed by atoms with E-state index in [0.717, 1.165) is 43.8 Å². The zero-order valence-corrected chi connectivity index (χ0v) is 19.3. The zero-order chi connectivity index (χ0) is 24.5. The van der Waals surface area contributed by atoms with E-state index in [-0.39, 0.29) is 29.6 Å². The van der Waals surface area contributed by atoms with E-state index < -0.39 is 17.5 Å². The summed E-state index contributed by atoms with van der Waals surface area (Å²) in [5.74, 6) is -1.36. The number of nitrogens with zero attached hydrogens (tertiary/aromatic N) is 4. The molecule has 2 aromatic carbocycles. The van der Waals surface area contributed by atoms with Crippen LogP contribution in [-0.2, 0) is 13.0 Å². The number of benzene rings is 2. The number of hydrogen-bond acceptors (Lipinski definition) is 5. The Hall–Kier alpha value is -3.62. The first-order valence-corrected chi connectivity index (χ1v) is 11.7. The van der Waals surface area contributed by atoms with Crippen LogP contribution in [0.3, 0.4) is 0 Å². The average molecular weight is 483 g/mol. The van der Waals surface area contributed by atoms with Crippen LogP contribution in [0.2, 0.25) is 0 Å². The minimum absolute atomic E-state index is 0.0941. The summed E-state index contributed by atoms with van der Waals surface area (Å²) in [4.78, 5) is 26.1. The van der Waals surface area contributed by atoms with E-state index in [2.05, 4.69) is 16.8 Å². The molecule has 2 aliphatic rings. The maximum absolute atomic E-state index is 13.8. The third-order valence-electron chi connectivity index (χ3n) is 6.54. The highest BCUT2D eigenvalue weighted by Gasteiger charge is 2.29. The second-order valence-corrected chi connectivity index (χ2v) is 9.09. The Bertz CT molecular complexity index is 1260. The number of carbonyl (C=O) groups is 1. The summed E-state index contributed by atoms with van der Waals surface area (Å²) in [7, 11) is 0. The average Bonchev–Trinajstić information content (AvgIpc) is 2.86. The van der Waals surface area contributed by atoms with Gasteiger partial charge in [-0.05, 0) is 49.1 Å². The van der Waals surface area contributed by atoms with E-state index in [0.29, 0.717) is 30.4 Å². The Balaban J connectivity index is 1.48. The van der Waals surface area contributed by atoms with E-state index in [4.69, 9.17) is 9.72 Å². The predicted octanol–water partition coefficient (Wildman–Crippen LogP) is 5.12. The number of carbonyl (C=O) groups excluding carboxylic acids is 1. The number of amides is 1. The summed E-state index contributed by atoms with van der Waals surface area (Å²) < 4.78 is 46.9. The summed E-state index contributed by atoms with van der Waals surface area (Å²) in [5.41, 5.74) is 1.59. The molecule has 1 aromatic heterocycles. The van der Waals surface area contributed by atoms with Gasteiger partial charge in [-0.25, -0.2) is 18.2 Å². The first-order valence-electron chi connectivity index (χ1n) is 11.7. The highest BCUT2D eigenvalue weighted by atomic mass is 19.2. The predicted molar refractivity (Wildman–Crippen MR) is 124 cm³/mol. The van der Waals surface area contributed by atoms with Gasteiger partial charge in [-0.15, -0.1) is 0 Å². The van der Waals surface area contributed by atoms with E-state index in [1.807, 2.05) is 0 Å². The van der Waals surface area contributed by atoms with E-state index >= 15 is 0 Å². The number of anilines is 1.